The van der Waals surface area contributed by atoms with E-state index in [4.69, 9.17) is 5.11 Å². The van der Waals surface area contributed by atoms with E-state index in [1.54, 1.807) is 0 Å². The molecule has 0 amide bonds. The molecule has 14 heavy (non-hydrogen) atoms. The van der Waals surface area contributed by atoms with E-state index in [1.165, 1.54) is 0 Å². The minimum atomic E-state index is 0.261. The van der Waals surface area contributed by atoms with Gasteiger partial charge in [0.2, 0.25) is 0 Å². The first-order valence-electron chi connectivity index (χ1n) is 5.15. The maximum Gasteiger partial charge on any atom is 0.0612 e. The highest BCUT2D eigenvalue weighted by molar-refractivity contribution is 5.05. The van der Waals surface area contributed by atoms with Crippen LogP contribution in [0.25, 0.3) is 0 Å². The zero-order valence-electron chi connectivity index (χ0n) is 8.90. The number of unbranched alkanes of at least 4 members (excludes halogenated alkanes) is 1. The number of rotatable bonds is 5. The quantitative estimate of drug-likeness (QED) is 0.728. The Labute approximate surface area is 85.2 Å². The largest absolute Gasteiger partial charge is 0.396 e. The maximum atomic E-state index is 8.63. The second-order valence-corrected chi connectivity index (χ2v) is 3.77. The SMILES string of the molecule is CC(C)c1cnc(CCCCO)cn1. The molecule has 1 aromatic rings. The molecule has 0 aliphatic heterocycles. The fourth-order valence-corrected chi connectivity index (χ4v) is 1.21. The van der Waals surface area contributed by atoms with Crippen molar-refractivity contribution >= 4 is 0 Å². The summed E-state index contributed by atoms with van der Waals surface area (Å²) in [7, 11) is 0. The van der Waals surface area contributed by atoms with E-state index < -0.39 is 0 Å². The molecule has 0 spiro atoms. The molecule has 78 valence electrons. The van der Waals surface area contributed by atoms with Crippen LogP contribution in [0.2, 0.25) is 0 Å². The van der Waals surface area contributed by atoms with Gasteiger partial charge in [0, 0.05) is 19.0 Å². The molecule has 0 saturated heterocycles. The Morgan fingerprint density at radius 2 is 2.00 bits per heavy atom. The third-order valence-corrected chi connectivity index (χ3v) is 2.16. The number of hydrogen-bond acceptors (Lipinski definition) is 3. The summed E-state index contributed by atoms with van der Waals surface area (Å²) in [4.78, 5) is 8.66. The molecule has 1 heterocycles. The summed E-state index contributed by atoms with van der Waals surface area (Å²) in [5, 5.41) is 8.63. The summed E-state index contributed by atoms with van der Waals surface area (Å²) in [6.07, 6.45) is 6.41. The van der Waals surface area contributed by atoms with E-state index in [1.807, 2.05) is 12.4 Å². The molecule has 0 unspecified atom stereocenters. The molecule has 0 atom stereocenters. The first-order valence-corrected chi connectivity index (χ1v) is 5.15. The zero-order valence-corrected chi connectivity index (χ0v) is 8.90. The molecule has 0 aliphatic rings. The topological polar surface area (TPSA) is 46.0 Å². The summed E-state index contributed by atoms with van der Waals surface area (Å²) in [5.74, 6) is 0.439. The van der Waals surface area contributed by atoms with Gasteiger partial charge < -0.3 is 5.11 Å². The molecule has 1 N–H and O–H groups in total. The van der Waals surface area contributed by atoms with Crippen LogP contribution in [0.5, 0.6) is 0 Å². The Bertz CT molecular complexity index is 256. The van der Waals surface area contributed by atoms with Crippen molar-refractivity contribution in [3.63, 3.8) is 0 Å². The van der Waals surface area contributed by atoms with E-state index >= 15 is 0 Å². The molecule has 0 aromatic carbocycles. The van der Waals surface area contributed by atoms with Gasteiger partial charge in [-0.05, 0) is 25.2 Å². The van der Waals surface area contributed by atoms with E-state index in [-0.39, 0.29) is 6.61 Å². The Hall–Kier alpha value is -0.960. The van der Waals surface area contributed by atoms with Gasteiger partial charge in [-0.25, -0.2) is 0 Å². The summed E-state index contributed by atoms with van der Waals surface area (Å²) in [5.41, 5.74) is 2.05. The zero-order chi connectivity index (χ0) is 10.4. The molecule has 0 fully saturated rings. The molecule has 0 saturated carbocycles. The molecule has 0 radical (unpaired) electrons. The van der Waals surface area contributed by atoms with Crippen molar-refractivity contribution in [1.29, 1.82) is 0 Å². The lowest BCUT2D eigenvalue weighted by Crippen LogP contribution is -1.98. The maximum absolute atomic E-state index is 8.63. The van der Waals surface area contributed by atoms with Gasteiger partial charge in [0.15, 0.2) is 0 Å². The van der Waals surface area contributed by atoms with Crippen LogP contribution in [0.3, 0.4) is 0 Å². The molecule has 3 heteroatoms. The number of nitrogens with zero attached hydrogens (tertiary/aromatic N) is 2. The smallest absolute Gasteiger partial charge is 0.0612 e. The van der Waals surface area contributed by atoms with Gasteiger partial charge >= 0.3 is 0 Å². The number of aryl methyl sites for hydroxylation is 1. The first-order chi connectivity index (χ1) is 6.74. The lowest BCUT2D eigenvalue weighted by molar-refractivity contribution is 0.284. The normalized spacial score (nSPS) is 10.9. The van der Waals surface area contributed by atoms with Crippen LogP contribution in [0.1, 0.15) is 44.0 Å². The summed E-state index contributed by atoms with van der Waals surface area (Å²) in [6.45, 7) is 4.47. The molecular weight excluding hydrogens is 176 g/mol. The van der Waals surface area contributed by atoms with Crippen molar-refractivity contribution in [2.75, 3.05) is 6.61 Å². The van der Waals surface area contributed by atoms with E-state index in [2.05, 4.69) is 23.8 Å². The fourth-order valence-electron chi connectivity index (χ4n) is 1.21. The van der Waals surface area contributed by atoms with Gasteiger partial charge in [0.05, 0.1) is 11.4 Å². The molecule has 1 rings (SSSR count). The van der Waals surface area contributed by atoms with Crippen LogP contribution in [0.15, 0.2) is 12.4 Å². The van der Waals surface area contributed by atoms with Gasteiger partial charge in [-0.15, -0.1) is 0 Å². The second-order valence-electron chi connectivity index (χ2n) is 3.77. The molecule has 0 bridgehead atoms. The van der Waals surface area contributed by atoms with Gasteiger partial charge in [0.25, 0.3) is 0 Å². The second kappa shape index (κ2) is 5.70. The van der Waals surface area contributed by atoms with E-state index in [9.17, 15) is 0 Å². The predicted octanol–water partition coefficient (Wildman–Crippen LogP) is 1.92. The van der Waals surface area contributed by atoms with Crippen LogP contribution < -0.4 is 0 Å². The van der Waals surface area contributed by atoms with Crippen LogP contribution in [0.4, 0.5) is 0 Å². The third kappa shape index (κ3) is 3.42. The molecule has 3 nitrogen and oxygen atoms in total. The van der Waals surface area contributed by atoms with Gasteiger partial charge in [-0.1, -0.05) is 13.8 Å². The summed E-state index contributed by atoms with van der Waals surface area (Å²) >= 11 is 0. The Balaban J connectivity index is 2.47. The summed E-state index contributed by atoms with van der Waals surface area (Å²) < 4.78 is 0. The number of hydrogen-bond donors (Lipinski definition) is 1. The fraction of sp³-hybridized carbons (Fsp3) is 0.636. The van der Waals surface area contributed by atoms with Crippen LogP contribution in [-0.4, -0.2) is 21.7 Å². The highest BCUT2D eigenvalue weighted by Gasteiger charge is 2.01. The molecule has 1 aromatic heterocycles. The lowest BCUT2D eigenvalue weighted by atomic mass is 10.1. The van der Waals surface area contributed by atoms with Crippen LogP contribution in [0, 0.1) is 0 Å². The lowest BCUT2D eigenvalue weighted by Gasteiger charge is -2.04. The van der Waals surface area contributed by atoms with Crippen molar-refractivity contribution in [3.8, 4) is 0 Å². The van der Waals surface area contributed by atoms with Crippen LogP contribution in [-0.2, 0) is 6.42 Å². The highest BCUT2D eigenvalue weighted by Crippen LogP contribution is 2.09. The highest BCUT2D eigenvalue weighted by atomic mass is 16.2. The number of aromatic nitrogens is 2. The Kier molecular flexibility index (Phi) is 4.53. The van der Waals surface area contributed by atoms with Gasteiger partial charge in [-0.2, -0.15) is 0 Å². The third-order valence-electron chi connectivity index (χ3n) is 2.16. The van der Waals surface area contributed by atoms with Crippen LogP contribution >= 0.6 is 0 Å². The first kappa shape index (κ1) is 11.1. The standard InChI is InChI=1S/C11H18N2O/c1-9(2)11-8-12-10(7-13-11)5-3-4-6-14/h7-9,14H,3-6H2,1-2H3. The van der Waals surface area contributed by atoms with E-state index in [0.717, 1.165) is 30.7 Å². The Morgan fingerprint density at radius 1 is 1.21 bits per heavy atom. The van der Waals surface area contributed by atoms with E-state index in [0.29, 0.717) is 5.92 Å². The van der Waals surface area contributed by atoms with Crippen molar-refractivity contribution in [2.24, 2.45) is 0 Å². The molecule has 0 aliphatic carbocycles. The predicted molar refractivity (Wildman–Crippen MR) is 56.1 cm³/mol. The van der Waals surface area contributed by atoms with Crippen molar-refractivity contribution in [2.45, 2.75) is 39.0 Å². The number of aliphatic hydroxyl groups is 1. The summed E-state index contributed by atoms with van der Waals surface area (Å²) in [6, 6.07) is 0. The number of aliphatic hydroxyl groups excluding tert-OH is 1. The Morgan fingerprint density at radius 3 is 2.50 bits per heavy atom. The minimum Gasteiger partial charge on any atom is -0.396 e. The monoisotopic (exact) mass is 194 g/mol. The van der Waals surface area contributed by atoms with Gasteiger partial charge in [0.1, 0.15) is 0 Å². The minimum absolute atomic E-state index is 0.261. The molecular formula is C11H18N2O. The van der Waals surface area contributed by atoms with Crippen molar-refractivity contribution < 1.29 is 5.11 Å². The van der Waals surface area contributed by atoms with Gasteiger partial charge in [-0.3, -0.25) is 9.97 Å². The average Bonchev–Trinajstić information content (AvgIpc) is 2.19. The van der Waals surface area contributed by atoms with Crippen molar-refractivity contribution in [3.05, 3.63) is 23.8 Å². The average molecular weight is 194 g/mol. The van der Waals surface area contributed by atoms with Crippen molar-refractivity contribution in [1.82, 2.24) is 9.97 Å².